The van der Waals surface area contributed by atoms with Crippen molar-refractivity contribution < 1.29 is 4.39 Å². The van der Waals surface area contributed by atoms with Crippen molar-refractivity contribution in [3.05, 3.63) is 35.8 Å². The highest BCUT2D eigenvalue weighted by Gasteiger charge is 2.16. The molecule has 0 radical (unpaired) electrons. The summed E-state index contributed by atoms with van der Waals surface area (Å²) in [5, 5.41) is 8.37. The molecule has 112 valence electrons. The third-order valence-corrected chi connectivity index (χ3v) is 3.94. The van der Waals surface area contributed by atoms with Crippen LogP contribution in [-0.4, -0.2) is 39.5 Å². The van der Waals surface area contributed by atoms with E-state index in [2.05, 4.69) is 15.2 Å². The molecule has 1 aromatic heterocycles. The lowest BCUT2D eigenvalue weighted by Crippen LogP contribution is -2.24. The fraction of sp³-hybridized carbons (Fsp3) is 0.467. The molecule has 6 heteroatoms. The summed E-state index contributed by atoms with van der Waals surface area (Å²) in [6.45, 7) is 4.38. The standard InChI is InChI=1S/C15H20FN5/c16-13-5-3-12(4-6-13)15-14(11-17)18-19-21(15)10-9-20-7-1-2-8-20/h3-6H,1-2,7-11,17H2. The Hall–Kier alpha value is -1.79. The van der Waals surface area contributed by atoms with Gasteiger partial charge < -0.3 is 10.6 Å². The van der Waals surface area contributed by atoms with Gasteiger partial charge in [-0.05, 0) is 50.2 Å². The summed E-state index contributed by atoms with van der Waals surface area (Å²) in [5.74, 6) is -0.246. The monoisotopic (exact) mass is 289 g/mol. The number of rotatable bonds is 5. The summed E-state index contributed by atoms with van der Waals surface area (Å²) in [6.07, 6.45) is 2.55. The van der Waals surface area contributed by atoms with Gasteiger partial charge in [-0.3, -0.25) is 0 Å². The Morgan fingerprint density at radius 3 is 2.48 bits per heavy atom. The number of aromatic nitrogens is 3. The van der Waals surface area contributed by atoms with E-state index in [1.807, 2.05) is 4.68 Å². The number of likely N-dealkylation sites (tertiary alicyclic amines) is 1. The maximum absolute atomic E-state index is 13.1. The minimum atomic E-state index is -0.246. The normalized spacial score (nSPS) is 15.7. The summed E-state index contributed by atoms with van der Waals surface area (Å²) in [4.78, 5) is 2.43. The van der Waals surface area contributed by atoms with Gasteiger partial charge in [0.05, 0.1) is 12.2 Å². The van der Waals surface area contributed by atoms with E-state index in [0.29, 0.717) is 6.54 Å². The zero-order valence-corrected chi connectivity index (χ0v) is 12.0. The first kappa shape index (κ1) is 14.2. The fourth-order valence-corrected chi connectivity index (χ4v) is 2.81. The van der Waals surface area contributed by atoms with Crippen LogP contribution in [-0.2, 0) is 13.1 Å². The molecule has 0 amide bonds. The SMILES string of the molecule is NCc1nnn(CCN2CCCC2)c1-c1ccc(F)cc1. The first-order valence-electron chi connectivity index (χ1n) is 7.38. The molecule has 1 aliphatic rings. The predicted octanol–water partition coefficient (Wildman–Crippen LogP) is 1.64. The van der Waals surface area contributed by atoms with E-state index >= 15 is 0 Å². The Balaban J connectivity index is 1.83. The minimum Gasteiger partial charge on any atom is -0.325 e. The molecule has 3 rings (SSSR count). The summed E-state index contributed by atoms with van der Waals surface area (Å²) in [7, 11) is 0. The second-order valence-electron chi connectivity index (χ2n) is 5.37. The van der Waals surface area contributed by atoms with Crippen molar-refractivity contribution in [2.24, 2.45) is 5.73 Å². The van der Waals surface area contributed by atoms with Crippen LogP contribution in [0.2, 0.25) is 0 Å². The lowest BCUT2D eigenvalue weighted by atomic mass is 10.1. The molecular formula is C15H20FN5. The maximum Gasteiger partial charge on any atom is 0.123 e. The van der Waals surface area contributed by atoms with Gasteiger partial charge in [0.2, 0.25) is 0 Å². The third kappa shape index (κ3) is 3.11. The van der Waals surface area contributed by atoms with E-state index in [4.69, 9.17) is 5.73 Å². The molecule has 0 aliphatic carbocycles. The number of benzene rings is 1. The smallest absolute Gasteiger partial charge is 0.123 e. The van der Waals surface area contributed by atoms with Gasteiger partial charge >= 0.3 is 0 Å². The molecule has 1 aromatic carbocycles. The fourth-order valence-electron chi connectivity index (χ4n) is 2.81. The molecule has 0 unspecified atom stereocenters. The summed E-state index contributed by atoms with van der Waals surface area (Å²) >= 11 is 0. The number of hydrogen-bond acceptors (Lipinski definition) is 4. The van der Waals surface area contributed by atoms with Gasteiger partial charge in [-0.2, -0.15) is 0 Å². The van der Waals surface area contributed by atoms with Crippen molar-refractivity contribution in [2.75, 3.05) is 19.6 Å². The number of halogens is 1. The van der Waals surface area contributed by atoms with E-state index in [1.165, 1.54) is 25.0 Å². The second kappa shape index (κ2) is 6.32. The molecule has 2 heterocycles. The van der Waals surface area contributed by atoms with Crippen LogP contribution in [0.25, 0.3) is 11.3 Å². The van der Waals surface area contributed by atoms with Crippen LogP contribution >= 0.6 is 0 Å². The van der Waals surface area contributed by atoms with Crippen LogP contribution < -0.4 is 5.73 Å². The Morgan fingerprint density at radius 1 is 1.10 bits per heavy atom. The van der Waals surface area contributed by atoms with Crippen molar-refractivity contribution >= 4 is 0 Å². The Bertz CT molecular complexity index is 587. The lowest BCUT2D eigenvalue weighted by molar-refractivity contribution is 0.315. The second-order valence-corrected chi connectivity index (χ2v) is 5.37. The highest BCUT2D eigenvalue weighted by molar-refractivity contribution is 5.61. The zero-order valence-electron chi connectivity index (χ0n) is 12.0. The molecule has 5 nitrogen and oxygen atoms in total. The molecule has 0 saturated carbocycles. The van der Waals surface area contributed by atoms with Crippen molar-refractivity contribution in [2.45, 2.75) is 25.9 Å². The highest BCUT2D eigenvalue weighted by atomic mass is 19.1. The Kier molecular flexibility index (Phi) is 4.26. The molecule has 2 N–H and O–H groups in total. The average Bonchev–Trinajstić information content (AvgIpc) is 3.15. The highest BCUT2D eigenvalue weighted by Crippen LogP contribution is 2.22. The first-order valence-corrected chi connectivity index (χ1v) is 7.38. The molecule has 1 saturated heterocycles. The number of nitrogens with two attached hydrogens (primary N) is 1. The Morgan fingerprint density at radius 2 is 1.81 bits per heavy atom. The van der Waals surface area contributed by atoms with Crippen LogP contribution in [0.5, 0.6) is 0 Å². The molecule has 1 aliphatic heterocycles. The Labute approximate surface area is 123 Å². The van der Waals surface area contributed by atoms with Gasteiger partial charge in [0, 0.05) is 18.7 Å². The average molecular weight is 289 g/mol. The maximum atomic E-state index is 13.1. The third-order valence-electron chi connectivity index (χ3n) is 3.94. The summed E-state index contributed by atoms with van der Waals surface area (Å²) in [6, 6.07) is 6.40. The molecule has 21 heavy (non-hydrogen) atoms. The van der Waals surface area contributed by atoms with E-state index in [1.54, 1.807) is 12.1 Å². The lowest BCUT2D eigenvalue weighted by Gasteiger charge is -2.15. The van der Waals surface area contributed by atoms with Crippen molar-refractivity contribution in [1.29, 1.82) is 0 Å². The molecule has 2 aromatic rings. The van der Waals surface area contributed by atoms with Crippen LogP contribution in [0.3, 0.4) is 0 Å². The summed E-state index contributed by atoms with van der Waals surface area (Å²) in [5.41, 5.74) is 8.31. The largest absolute Gasteiger partial charge is 0.325 e. The van der Waals surface area contributed by atoms with Crippen LogP contribution in [0.1, 0.15) is 18.5 Å². The first-order chi connectivity index (χ1) is 10.3. The van der Waals surface area contributed by atoms with Gasteiger partial charge in [-0.15, -0.1) is 5.10 Å². The van der Waals surface area contributed by atoms with Gasteiger partial charge in [-0.1, -0.05) is 5.21 Å². The molecule has 0 atom stereocenters. The minimum absolute atomic E-state index is 0.246. The predicted molar refractivity (Wildman–Crippen MR) is 79.0 cm³/mol. The van der Waals surface area contributed by atoms with Crippen molar-refractivity contribution in [3.8, 4) is 11.3 Å². The van der Waals surface area contributed by atoms with Crippen molar-refractivity contribution in [1.82, 2.24) is 19.9 Å². The quantitative estimate of drug-likeness (QED) is 0.909. The van der Waals surface area contributed by atoms with E-state index in [0.717, 1.165) is 43.1 Å². The molecule has 0 bridgehead atoms. The van der Waals surface area contributed by atoms with Crippen LogP contribution in [0.4, 0.5) is 4.39 Å². The van der Waals surface area contributed by atoms with E-state index in [9.17, 15) is 4.39 Å². The van der Waals surface area contributed by atoms with Crippen molar-refractivity contribution in [3.63, 3.8) is 0 Å². The molecule has 0 spiro atoms. The van der Waals surface area contributed by atoms with Gasteiger partial charge in [-0.25, -0.2) is 9.07 Å². The van der Waals surface area contributed by atoms with E-state index in [-0.39, 0.29) is 5.82 Å². The number of nitrogens with zero attached hydrogens (tertiary/aromatic N) is 4. The van der Waals surface area contributed by atoms with Gasteiger partial charge in [0.1, 0.15) is 11.5 Å². The van der Waals surface area contributed by atoms with Crippen LogP contribution in [0.15, 0.2) is 24.3 Å². The van der Waals surface area contributed by atoms with Gasteiger partial charge in [0.15, 0.2) is 0 Å². The molecule has 1 fully saturated rings. The zero-order chi connectivity index (χ0) is 14.7. The topological polar surface area (TPSA) is 60.0 Å². The van der Waals surface area contributed by atoms with Crippen LogP contribution in [0, 0.1) is 5.82 Å². The molecular weight excluding hydrogens is 269 g/mol. The summed E-state index contributed by atoms with van der Waals surface area (Å²) < 4.78 is 15.0. The number of hydrogen-bond donors (Lipinski definition) is 1. The van der Waals surface area contributed by atoms with Gasteiger partial charge in [0.25, 0.3) is 0 Å². The van der Waals surface area contributed by atoms with E-state index < -0.39 is 0 Å².